The number of nitrogens with zero attached hydrogens (tertiary/aromatic N) is 2. The Labute approximate surface area is 190 Å². The van der Waals surface area contributed by atoms with E-state index in [0.29, 0.717) is 13.1 Å². The summed E-state index contributed by atoms with van der Waals surface area (Å²) in [7, 11) is 1.61. The van der Waals surface area contributed by atoms with Gasteiger partial charge in [-0.1, -0.05) is 31.2 Å². The first-order valence-corrected chi connectivity index (χ1v) is 11.5. The molecule has 2 aromatic carbocycles. The SMILES string of the molecule is COc1ccc(N2CC(C(=O)NCc3ccccc3CN3CCC(C)CC3)CC2=O)cc1. The van der Waals surface area contributed by atoms with Gasteiger partial charge in [0.05, 0.1) is 13.0 Å². The quantitative estimate of drug-likeness (QED) is 0.722. The highest BCUT2D eigenvalue weighted by Crippen LogP contribution is 2.27. The molecule has 2 heterocycles. The van der Waals surface area contributed by atoms with Crippen molar-refractivity contribution in [2.45, 2.75) is 39.3 Å². The number of anilines is 1. The molecule has 2 amide bonds. The lowest BCUT2D eigenvalue weighted by Crippen LogP contribution is -2.34. The van der Waals surface area contributed by atoms with Gasteiger partial charge in [0.2, 0.25) is 11.8 Å². The van der Waals surface area contributed by atoms with Gasteiger partial charge in [-0.05, 0) is 67.2 Å². The first-order chi connectivity index (χ1) is 15.5. The zero-order valence-electron chi connectivity index (χ0n) is 19.0. The smallest absolute Gasteiger partial charge is 0.227 e. The number of carbonyl (C=O) groups is 2. The largest absolute Gasteiger partial charge is 0.497 e. The molecule has 0 aromatic heterocycles. The third-order valence-electron chi connectivity index (χ3n) is 6.72. The molecule has 6 nitrogen and oxygen atoms in total. The topological polar surface area (TPSA) is 61.9 Å². The van der Waals surface area contributed by atoms with E-state index in [1.807, 2.05) is 30.3 Å². The monoisotopic (exact) mass is 435 g/mol. The highest BCUT2D eigenvalue weighted by atomic mass is 16.5. The highest BCUT2D eigenvalue weighted by Gasteiger charge is 2.35. The van der Waals surface area contributed by atoms with Crippen LogP contribution in [0.5, 0.6) is 5.75 Å². The van der Waals surface area contributed by atoms with Crippen LogP contribution in [0.2, 0.25) is 0 Å². The maximum Gasteiger partial charge on any atom is 0.227 e. The zero-order chi connectivity index (χ0) is 22.5. The average Bonchev–Trinajstić information content (AvgIpc) is 3.21. The Hall–Kier alpha value is -2.86. The molecule has 6 heteroatoms. The Balaban J connectivity index is 1.33. The number of piperidine rings is 1. The second-order valence-electron chi connectivity index (χ2n) is 9.05. The molecule has 2 aliphatic rings. The van der Waals surface area contributed by atoms with Gasteiger partial charge in [-0.25, -0.2) is 0 Å². The highest BCUT2D eigenvalue weighted by molar-refractivity contribution is 6.00. The fraction of sp³-hybridized carbons (Fsp3) is 0.462. The Morgan fingerprint density at radius 3 is 2.44 bits per heavy atom. The standard InChI is InChI=1S/C26H33N3O3/c1-19-11-13-28(14-12-19)17-21-6-4-3-5-20(21)16-27-26(31)22-15-25(30)29(18-22)23-7-9-24(32-2)10-8-23/h3-10,19,22H,11-18H2,1-2H3,(H,27,31). The molecule has 170 valence electrons. The summed E-state index contributed by atoms with van der Waals surface area (Å²) in [6.07, 6.45) is 2.74. The molecule has 2 saturated heterocycles. The van der Waals surface area contributed by atoms with Crippen molar-refractivity contribution in [3.63, 3.8) is 0 Å². The average molecular weight is 436 g/mol. The molecule has 1 atom stereocenters. The number of nitrogens with one attached hydrogen (secondary N) is 1. The molecular weight excluding hydrogens is 402 g/mol. The lowest BCUT2D eigenvalue weighted by atomic mass is 9.98. The minimum Gasteiger partial charge on any atom is -0.497 e. The van der Waals surface area contributed by atoms with Gasteiger partial charge in [0.25, 0.3) is 0 Å². The summed E-state index contributed by atoms with van der Waals surface area (Å²) < 4.78 is 5.18. The third kappa shape index (κ3) is 5.30. The van der Waals surface area contributed by atoms with Crippen molar-refractivity contribution in [3.8, 4) is 5.75 Å². The van der Waals surface area contributed by atoms with Crippen LogP contribution in [0.15, 0.2) is 48.5 Å². The maximum absolute atomic E-state index is 12.9. The number of ether oxygens (including phenoxy) is 1. The van der Waals surface area contributed by atoms with E-state index in [1.165, 1.54) is 18.4 Å². The predicted octanol–water partition coefficient (Wildman–Crippen LogP) is 3.60. The van der Waals surface area contributed by atoms with Crippen molar-refractivity contribution in [2.24, 2.45) is 11.8 Å². The van der Waals surface area contributed by atoms with Crippen LogP contribution in [0.4, 0.5) is 5.69 Å². The van der Waals surface area contributed by atoms with Crippen LogP contribution in [-0.2, 0) is 22.7 Å². The molecule has 4 rings (SSSR count). The second-order valence-corrected chi connectivity index (χ2v) is 9.05. The summed E-state index contributed by atoms with van der Waals surface area (Å²) >= 11 is 0. The molecule has 32 heavy (non-hydrogen) atoms. The lowest BCUT2D eigenvalue weighted by molar-refractivity contribution is -0.126. The van der Waals surface area contributed by atoms with E-state index >= 15 is 0 Å². The van der Waals surface area contributed by atoms with Crippen molar-refractivity contribution in [3.05, 3.63) is 59.7 Å². The van der Waals surface area contributed by atoms with Gasteiger partial charge in [-0.15, -0.1) is 0 Å². The van der Waals surface area contributed by atoms with E-state index in [2.05, 4.69) is 35.3 Å². The summed E-state index contributed by atoms with van der Waals surface area (Å²) in [6, 6.07) is 15.7. The molecule has 0 radical (unpaired) electrons. The van der Waals surface area contributed by atoms with Crippen LogP contribution in [0.3, 0.4) is 0 Å². The molecule has 2 aromatic rings. The summed E-state index contributed by atoms with van der Waals surface area (Å²) in [4.78, 5) is 29.6. The molecule has 1 N–H and O–H groups in total. The van der Waals surface area contributed by atoms with E-state index in [-0.39, 0.29) is 24.2 Å². The Morgan fingerprint density at radius 1 is 1.06 bits per heavy atom. The van der Waals surface area contributed by atoms with Crippen molar-refractivity contribution in [1.82, 2.24) is 10.2 Å². The number of methoxy groups -OCH3 is 1. The van der Waals surface area contributed by atoms with E-state index in [0.717, 1.165) is 42.6 Å². The van der Waals surface area contributed by atoms with Gasteiger partial charge in [-0.3, -0.25) is 14.5 Å². The summed E-state index contributed by atoms with van der Waals surface area (Å²) in [5, 5.41) is 3.08. The van der Waals surface area contributed by atoms with Crippen LogP contribution in [0.1, 0.15) is 37.3 Å². The Morgan fingerprint density at radius 2 is 1.75 bits per heavy atom. The summed E-state index contributed by atoms with van der Waals surface area (Å²) in [6.45, 7) is 6.41. The van der Waals surface area contributed by atoms with Gasteiger partial charge in [0.15, 0.2) is 0 Å². The van der Waals surface area contributed by atoms with Crippen molar-refractivity contribution >= 4 is 17.5 Å². The molecule has 2 aliphatic heterocycles. The third-order valence-corrected chi connectivity index (χ3v) is 6.72. The number of hydrogen-bond donors (Lipinski definition) is 1. The van der Waals surface area contributed by atoms with Crippen LogP contribution >= 0.6 is 0 Å². The van der Waals surface area contributed by atoms with Crippen LogP contribution in [-0.4, -0.2) is 43.5 Å². The lowest BCUT2D eigenvalue weighted by Gasteiger charge is -2.30. The molecule has 0 aliphatic carbocycles. The first-order valence-electron chi connectivity index (χ1n) is 11.5. The van der Waals surface area contributed by atoms with Crippen LogP contribution in [0.25, 0.3) is 0 Å². The number of rotatable bonds is 7. The number of likely N-dealkylation sites (tertiary alicyclic amines) is 1. The number of carbonyl (C=O) groups excluding carboxylic acids is 2. The normalized spacial score (nSPS) is 19.9. The van der Waals surface area contributed by atoms with Gasteiger partial charge in [-0.2, -0.15) is 0 Å². The van der Waals surface area contributed by atoms with Crippen molar-refractivity contribution in [2.75, 3.05) is 31.6 Å². The number of amides is 2. The van der Waals surface area contributed by atoms with E-state index in [9.17, 15) is 9.59 Å². The molecular formula is C26H33N3O3. The number of benzene rings is 2. The molecule has 0 saturated carbocycles. The Bertz CT molecular complexity index is 936. The molecule has 0 spiro atoms. The van der Waals surface area contributed by atoms with Gasteiger partial charge >= 0.3 is 0 Å². The maximum atomic E-state index is 12.9. The minimum atomic E-state index is -0.333. The second kappa shape index (κ2) is 10.2. The van der Waals surface area contributed by atoms with Crippen molar-refractivity contribution < 1.29 is 14.3 Å². The summed E-state index contributed by atoms with van der Waals surface area (Å²) in [5.41, 5.74) is 3.22. The number of hydrogen-bond acceptors (Lipinski definition) is 4. The van der Waals surface area contributed by atoms with E-state index < -0.39 is 0 Å². The van der Waals surface area contributed by atoms with Gasteiger partial charge < -0.3 is 15.0 Å². The predicted molar refractivity (Wildman–Crippen MR) is 125 cm³/mol. The van der Waals surface area contributed by atoms with E-state index in [1.54, 1.807) is 12.0 Å². The first kappa shape index (κ1) is 22.3. The fourth-order valence-electron chi connectivity index (χ4n) is 4.57. The van der Waals surface area contributed by atoms with Gasteiger partial charge in [0, 0.05) is 31.7 Å². The molecule has 2 fully saturated rings. The summed E-state index contributed by atoms with van der Waals surface area (Å²) in [5.74, 6) is 1.14. The Kier molecular flexibility index (Phi) is 7.10. The minimum absolute atomic E-state index is 0.0185. The van der Waals surface area contributed by atoms with Crippen LogP contribution < -0.4 is 15.0 Å². The van der Waals surface area contributed by atoms with Crippen LogP contribution in [0, 0.1) is 11.8 Å². The molecule has 0 bridgehead atoms. The van der Waals surface area contributed by atoms with Crippen molar-refractivity contribution in [1.29, 1.82) is 0 Å². The van der Waals surface area contributed by atoms with E-state index in [4.69, 9.17) is 4.74 Å². The fourth-order valence-corrected chi connectivity index (χ4v) is 4.57. The van der Waals surface area contributed by atoms with Gasteiger partial charge in [0.1, 0.15) is 5.75 Å². The zero-order valence-corrected chi connectivity index (χ0v) is 19.0. The molecule has 1 unspecified atom stereocenters.